The Bertz CT molecular complexity index is 1260. The average Bonchev–Trinajstić information content (AvgIpc) is 3.18. The number of amides is 2. The summed E-state index contributed by atoms with van der Waals surface area (Å²) in [5.41, 5.74) is 4.33. The van der Waals surface area contributed by atoms with Crippen LogP contribution >= 0.6 is 46.1 Å². The van der Waals surface area contributed by atoms with Crippen LogP contribution in [-0.2, 0) is 0 Å². The summed E-state index contributed by atoms with van der Waals surface area (Å²) in [5, 5.41) is 28.6. The standard InChI is InChI=1S/C22H18Cl3N3O4S.K.H/c1-11(15-10-33-20(19(15)30)12-3-5-16(23)18(25)8-12)27-28-21(31)13-2-4-14(17(24)9-13)22(32)26-6-7-29;;/h2-5,8-10,29-30H,6-7H2,1H3,(H,26,32)(H,28,31);;/q;+1;-1. The van der Waals surface area contributed by atoms with Crippen LogP contribution < -0.4 is 62.1 Å². The zero-order chi connectivity index (χ0) is 24.1. The second-order valence-corrected chi connectivity index (χ2v) is 8.87. The number of halogens is 3. The van der Waals surface area contributed by atoms with Crippen LogP contribution in [0, 0.1) is 0 Å². The molecule has 0 atom stereocenters. The van der Waals surface area contributed by atoms with Crippen LogP contribution in [0.3, 0.4) is 0 Å². The van der Waals surface area contributed by atoms with Gasteiger partial charge in [0, 0.05) is 17.5 Å². The number of aromatic hydroxyl groups is 1. The Balaban J connectivity index is 0.00000306. The Kier molecular flexibility index (Phi) is 11.5. The van der Waals surface area contributed by atoms with E-state index in [2.05, 4.69) is 15.8 Å². The summed E-state index contributed by atoms with van der Waals surface area (Å²) in [6.45, 7) is 1.53. The van der Waals surface area contributed by atoms with Crippen LogP contribution in [0.2, 0.25) is 15.1 Å². The van der Waals surface area contributed by atoms with Crippen molar-refractivity contribution in [3.05, 3.63) is 73.5 Å². The zero-order valence-corrected chi connectivity index (χ0v) is 24.4. The number of hydrogen-bond donors (Lipinski definition) is 4. The van der Waals surface area contributed by atoms with Gasteiger partial charge in [0.25, 0.3) is 11.8 Å². The quantitative estimate of drug-likeness (QED) is 0.199. The van der Waals surface area contributed by atoms with Crippen LogP contribution in [-0.4, -0.2) is 40.9 Å². The zero-order valence-electron chi connectivity index (χ0n) is 19.2. The first-order valence-corrected chi connectivity index (χ1v) is 11.5. The fraction of sp³-hybridized carbons (Fsp3) is 0.136. The number of carbonyl (C=O) groups excluding carboxylic acids is 2. The molecule has 174 valence electrons. The maximum atomic E-state index is 12.5. The van der Waals surface area contributed by atoms with E-state index in [1.807, 2.05) is 0 Å². The summed E-state index contributed by atoms with van der Waals surface area (Å²) in [6, 6.07) is 9.24. The van der Waals surface area contributed by atoms with Gasteiger partial charge in [-0.25, -0.2) is 5.43 Å². The van der Waals surface area contributed by atoms with Gasteiger partial charge in [-0.1, -0.05) is 40.9 Å². The second-order valence-electron chi connectivity index (χ2n) is 6.77. The largest absolute Gasteiger partial charge is 1.00 e. The van der Waals surface area contributed by atoms with E-state index < -0.39 is 11.8 Å². The molecule has 0 aliphatic heterocycles. The van der Waals surface area contributed by atoms with Crippen molar-refractivity contribution in [1.82, 2.24) is 10.7 Å². The van der Waals surface area contributed by atoms with Gasteiger partial charge in [0.05, 0.1) is 43.4 Å². The van der Waals surface area contributed by atoms with Gasteiger partial charge in [-0.3, -0.25) is 9.59 Å². The van der Waals surface area contributed by atoms with Gasteiger partial charge in [0.15, 0.2) is 0 Å². The normalized spacial score (nSPS) is 11.0. The number of nitrogens with zero attached hydrogens (tertiary/aromatic N) is 1. The summed E-state index contributed by atoms with van der Waals surface area (Å²) < 4.78 is 0. The van der Waals surface area contributed by atoms with Crippen molar-refractivity contribution in [3.8, 4) is 16.2 Å². The van der Waals surface area contributed by atoms with E-state index in [1.54, 1.807) is 30.5 Å². The number of carbonyl (C=O) groups is 2. The number of aliphatic hydroxyl groups is 1. The van der Waals surface area contributed by atoms with Crippen molar-refractivity contribution >= 4 is 63.7 Å². The van der Waals surface area contributed by atoms with E-state index >= 15 is 0 Å². The van der Waals surface area contributed by atoms with Gasteiger partial charge >= 0.3 is 51.4 Å². The third-order valence-electron chi connectivity index (χ3n) is 4.53. The summed E-state index contributed by atoms with van der Waals surface area (Å²) in [7, 11) is 0. The van der Waals surface area contributed by atoms with Gasteiger partial charge in [-0.2, -0.15) is 5.10 Å². The molecular weight excluding hydrogens is 548 g/mol. The van der Waals surface area contributed by atoms with Gasteiger partial charge in [-0.15, -0.1) is 11.3 Å². The Morgan fingerprint density at radius 3 is 2.41 bits per heavy atom. The second kappa shape index (κ2) is 13.4. The average molecular weight is 567 g/mol. The molecule has 12 heteroatoms. The maximum absolute atomic E-state index is 12.5. The fourth-order valence-corrected chi connectivity index (χ4v) is 4.38. The van der Waals surface area contributed by atoms with Crippen molar-refractivity contribution in [2.75, 3.05) is 13.2 Å². The molecule has 0 saturated carbocycles. The summed E-state index contributed by atoms with van der Waals surface area (Å²) in [4.78, 5) is 25.0. The molecule has 2 aromatic carbocycles. The van der Waals surface area contributed by atoms with Gasteiger partial charge in [0.1, 0.15) is 5.75 Å². The van der Waals surface area contributed by atoms with E-state index in [-0.39, 0.29) is 87.9 Å². The number of aliphatic hydroxyl groups excluding tert-OH is 1. The van der Waals surface area contributed by atoms with E-state index in [9.17, 15) is 14.7 Å². The number of thiophene rings is 1. The molecule has 1 aromatic heterocycles. The topological polar surface area (TPSA) is 111 Å². The predicted octanol–water partition coefficient (Wildman–Crippen LogP) is 2.07. The Labute approximate surface area is 259 Å². The van der Waals surface area contributed by atoms with Gasteiger partial charge < -0.3 is 17.0 Å². The minimum atomic E-state index is -0.544. The minimum absolute atomic E-state index is 0. The van der Waals surface area contributed by atoms with Gasteiger partial charge in [0.2, 0.25) is 0 Å². The van der Waals surface area contributed by atoms with Crippen LogP contribution in [0.5, 0.6) is 5.75 Å². The van der Waals surface area contributed by atoms with E-state index in [4.69, 9.17) is 39.9 Å². The fourth-order valence-electron chi connectivity index (χ4n) is 2.82. The molecule has 3 rings (SSSR count). The van der Waals surface area contributed by atoms with Gasteiger partial charge in [-0.05, 0) is 42.8 Å². The van der Waals surface area contributed by atoms with E-state index in [1.165, 1.54) is 29.5 Å². The molecule has 1 heterocycles. The predicted molar refractivity (Wildman–Crippen MR) is 133 cm³/mol. The molecule has 4 N–H and O–H groups in total. The molecule has 7 nitrogen and oxygen atoms in total. The Morgan fingerprint density at radius 2 is 1.76 bits per heavy atom. The number of rotatable bonds is 7. The van der Waals surface area contributed by atoms with E-state index in [0.29, 0.717) is 31.8 Å². The molecule has 3 aromatic rings. The van der Waals surface area contributed by atoms with Crippen molar-refractivity contribution in [3.63, 3.8) is 0 Å². The smallest absolute Gasteiger partial charge is 1.00 e. The molecule has 0 aliphatic rings. The molecule has 0 fully saturated rings. The molecule has 34 heavy (non-hydrogen) atoms. The summed E-state index contributed by atoms with van der Waals surface area (Å²) in [6.07, 6.45) is 0. The number of nitrogens with one attached hydrogen (secondary N) is 2. The van der Waals surface area contributed by atoms with Crippen molar-refractivity contribution in [1.29, 1.82) is 0 Å². The third kappa shape index (κ3) is 7.04. The molecular formula is C22H19Cl3KN3O4S. The van der Waals surface area contributed by atoms with Crippen LogP contribution in [0.15, 0.2) is 46.9 Å². The van der Waals surface area contributed by atoms with Crippen molar-refractivity contribution in [2.45, 2.75) is 6.92 Å². The van der Waals surface area contributed by atoms with Crippen molar-refractivity contribution < 1.29 is 72.6 Å². The minimum Gasteiger partial charge on any atom is -1.00 e. The molecule has 0 saturated heterocycles. The number of benzene rings is 2. The monoisotopic (exact) mass is 565 g/mol. The molecule has 0 radical (unpaired) electrons. The number of hydrogen-bond acceptors (Lipinski definition) is 6. The molecule has 0 aliphatic carbocycles. The molecule has 0 bridgehead atoms. The van der Waals surface area contributed by atoms with Crippen LogP contribution in [0.25, 0.3) is 10.4 Å². The van der Waals surface area contributed by atoms with Crippen LogP contribution in [0.1, 0.15) is 34.6 Å². The van der Waals surface area contributed by atoms with E-state index in [0.717, 1.165) is 0 Å². The SMILES string of the molecule is CC(=NNC(=O)c1ccc(C(=O)NCCO)c(Cl)c1)c1csc(-c2ccc(Cl)c(Cl)c2)c1O.[H-].[K+]. The summed E-state index contributed by atoms with van der Waals surface area (Å²) >= 11 is 19.4. The first-order chi connectivity index (χ1) is 15.7. The van der Waals surface area contributed by atoms with Crippen LogP contribution in [0.4, 0.5) is 0 Å². The third-order valence-corrected chi connectivity index (χ3v) is 6.60. The Hall–Kier alpha value is -0.984. The summed E-state index contributed by atoms with van der Waals surface area (Å²) in [5.74, 6) is -0.992. The number of hydrazone groups is 1. The molecule has 2 amide bonds. The first-order valence-electron chi connectivity index (χ1n) is 9.52. The first kappa shape index (κ1) is 29.2. The molecule has 0 spiro atoms. The van der Waals surface area contributed by atoms with Crippen molar-refractivity contribution in [2.24, 2.45) is 5.10 Å². The molecule has 0 unspecified atom stereocenters. The Morgan fingerprint density at radius 1 is 1.03 bits per heavy atom. The maximum Gasteiger partial charge on any atom is 1.00 e.